The zero-order chi connectivity index (χ0) is 18.6. The third-order valence-electron chi connectivity index (χ3n) is 5.99. The maximum Gasteiger partial charge on any atom is 0.170 e. The third-order valence-corrected chi connectivity index (χ3v) is 6.53. The molecule has 3 rings (SSSR count). The standard InChI is InChI=1S/C20H29ClFN3S/c1-15-7-11-25(12-8-15)20(9-3-2-4-10-20)14-23-19(26)24-16-5-6-18(22)17(21)13-16/h5-6,13,15H,2-4,7-12,14H2,1H3,(H2,23,24,26). The Bertz CT molecular complexity index is 625. The van der Waals surface area contributed by atoms with E-state index in [1.54, 1.807) is 12.1 Å². The van der Waals surface area contributed by atoms with E-state index < -0.39 is 5.82 Å². The largest absolute Gasteiger partial charge is 0.361 e. The maximum absolute atomic E-state index is 13.3. The summed E-state index contributed by atoms with van der Waals surface area (Å²) in [5.41, 5.74) is 0.920. The van der Waals surface area contributed by atoms with Crippen LogP contribution in [0, 0.1) is 11.7 Å². The molecule has 1 aliphatic carbocycles. The lowest BCUT2D eigenvalue weighted by Crippen LogP contribution is -2.59. The lowest BCUT2D eigenvalue weighted by molar-refractivity contribution is 0.0260. The van der Waals surface area contributed by atoms with Crippen molar-refractivity contribution in [2.24, 2.45) is 5.92 Å². The zero-order valence-corrected chi connectivity index (χ0v) is 17.1. The topological polar surface area (TPSA) is 27.3 Å². The van der Waals surface area contributed by atoms with Gasteiger partial charge in [0.15, 0.2) is 5.11 Å². The quantitative estimate of drug-likeness (QED) is 0.683. The van der Waals surface area contributed by atoms with Crippen LogP contribution < -0.4 is 10.6 Å². The molecule has 1 aromatic carbocycles. The summed E-state index contributed by atoms with van der Waals surface area (Å²) in [7, 11) is 0. The molecule has 1 saturated carbocycles. The number of piperidine rings is 1. The lowest BCUT2D eigenvalue weighted by Gasteiger charge is -2.49. The van der Waals surface area contributed by atoms with Gasteiger partial charge in [0.1, 0.15) is 5.82 Å². The Hall–Kier alpha value is -0.910. The van der Waals surface area contributed by atoms with Crippen LogP contribution in [-0.2, 0) is 0 Å². The minimum Gasteiger partial charge on any atom is -0.361 e. The van der Waals surface area contributed by atoms with Gasteiger partial charge in [0.05, 0.1) is 5.02 Å². The number of likely N-dealkylation sites (tertiary alicyclic amines) is 1. The van der Waals surface area contributed by atoms with E-state index in [1.807, 2.05) is 0 Å². The second-order valence-electron chi connectivity index (χ2n) is 7.89. The molecular weight excluding hydrogens is 369 g/mol. The molecule has 2 N–H and O–H groups in total. The number of benzene rings is 1. The van der Waals surface area contributed by atoms with E-state index in [4.69, 9.17) is 23.8 Å². The lowest BCUT2D eigenvalue weighted by atomic mass is 9.78. The van der Waals surface area contributed by atoms with Crippen LogP contribution in [0.4, 0.5) is 10.1 Å². The van der Waals surface area contributed by atoms with Gasteiger partial charge in [-0.25, -0.2) is 4.39 Å². The van der Waals surface area contributed by atoms with E-state index in [9.17, 15) is 4.39 Å². The van der Waals surface area contributed by atoms with E-state index in [0.29, 0.717) is 10.8 Å². The van der Waals surface area contributed by atoms with Crippen LogP contribution in [0.15, 0.2) is 18.2 Å². The molecule has 1 saturated heterocycles. The average molecular weight is 398 g/mol. The number of nitrogens with one attached hydrogen (secondary N) is 2. The van der Waals surface area contributed by atoms with Gasteiger partial charge in [-0.15, -0.1) is 0 Å². The summed E-state index contributed by atoms with van der Waals surface area (Å²) in [6, 6.07) is 4.57. The number of nitrogens with zero attached hydrogens (tertiary/aromatic N) is 1. The molecule has 26 heavy (non-hydrogen) atoms. The smallest absolute Gasteiger partial charge is 0.170 e. The number of rotatable bonds is 4. The summed E-state index contributed by atoms with van der Waals surface area (Å²) in [4.78, 5) is 2.70. The van der Waals surface area contributed by atoms with Crippen molar-refractivity contribution >= 4 is 34.6 Å². The molecule has 0 radical (unpaired) electrons. The normalized spacial score (nSPS) is 21.3. The Morgan fingerprint density at radius 3 is 2.62 bits per heavy atom. The molecule has 1 aromatic rings. The van der Waals surface area contributed by atoms with Gasteiger partial charge in [0, 0.05) is 17.8 Å². The van der Waals surface area contributed by atoms with Crippen LogP contribution in [0.2, 0.25) is 5.02 Å². The van der Waals surface area contributed by atoms with Gasteiger partial charge >= 0.3 is 0 Å². The van der Waals surface area contributed by atoms with Gasteiger partial charge in [-0.1, -0.05) is 37.8 Å². The Kier molecular flexibility index (Phi) is 6.76. The molecule has 144 valence electrons. The fourth-order valence-corrected chi connectivity index (χ4v) is 4.66. The molecule has 1 heterocycles. The Morgan fingerprint density at radius 1 is 1.27 bits per heavy atom. The molecule has 2 aliphatic rings. The predicted molar refractivity (Wildman–Crippen MR) is 111 cm³/mol. The number of halogens is 2. The zero-order valence-electron chi connectivity index (χ0n) is 15.5. The summed E-state index contributed by atoms with van der Waals surface area (Å²) < 4.78 is 13.3. The first-order valence-electron chi connectivity index (χ1n) is 9.73. The van der Waals surface area contributed by atoms with Crippen molar-refractivity contribution in [1.29, 1.82) is 0 Å². The van der Waals surface area contributed by atoms with Gasteiger partial charge in [-0.05, 0) is 75.1 Å². The molecule has 0 spiro atoms. The minimum absolute atomic E-state index is 0.101. The second kappa shape index (κ2) is 8.85. The highest BCUT2D eigenvalue weighted by molar-refractivity contribution is 7.80. The monoisotopic (exact) mass is 397 g/mol. The fraction of sp³-hybridized carbons (Fsp3) is 0.650. The van der Waals surface area contributed by atoms with Crippen LogP contribution in [0.1, 0.15) is 51.9 Å². The summed E-state index contributed by atoms with van der Waals surface area (Å²) in [6.07, 6.45) is 8.97. The molecule has 6 heteroatoms. The van der Waals surface area contributed by atoms with Crippen LogP contribution in [0.25, 0.3) is 0 Å². The second-order valence-corrected chi connectivity index (χ2v) is 8.71. The molecule has 2 fully saturated rings. The molecule has 0 atom stereocenters. The van der Waals surface area contributed by atoms with E-state index in [1.165, 1.54) is 64.1 Å². The Labute approximate surface area is 166 Å². The summed E-state index contributed by atoms with van der Waals surface area (Å²) in [6.45, 7) is 5.60. The highest BCUT2D eigenvalue weighted by atomic mass is 35.5. The SMILES string of the molecule is CC1CCN(C2(CNC(=S)Nc3ccc(F)c(Cl)c3)CCCCC2)CC1. The molecule has 0 bridgehead atoms. The molecular formula is C20H29ClFN3S. The van der Waals surface area contributed by atoms with Crippen molar-refractivity contribution in [1.82, 2.24) is 10.2 Å². The van der Waals surface area contributed by atoms with Crippen LogP contribution in [0.5, 0.6) is 0 Å². The number of hydrogen-bond donors (Lipinski definition) is 2. The van der Waals surface area contributed by atoms with Gasteiger partial charge in [0.25, 0.3) is 0 Å². The number of hydrogen-bond acceptors (Lipinski definition) is 2. The highest BCUT2D eigenvalue weighted by Crippen LogP contribution is 2.36. The predicted octanol–water partition coefficient (Wildman–Crippen LogP) is 5.20. The van der Waals surface area contributed by atoms with Crippen LogP contribution in [0.3, 0.4) is 0 Å². The Morgan fingerprint density at radius 2 is 1.96 bits per heavy atom. The van der Waals surface area contributed by atoms with E-state index in [0.717, 1.165) is 12.5 Å². The Balaban J connectivity index is 1.60. The molecule has 3 nitrogen and oxygen atoms in total. The number of anilines is 1. The van der Waals surface area contributed by atoms with E-state index >= 15 is 0 Å². The molecule has 0 amide bonds. The van der Waals surface area contributed by atoms with E-state index in [2.05, 4.69) is 22.5 Å². The first-order valence-corrected chi connectivity index (χ1v) is 10.5. The third kappa shape index (κ3) is 4.87. The minimum atomic E-state index is -0.420. The summed E-state index contributed by atoms with van der Waals surface area (Å²) >= 11 is 11.3. The van der Waals surface area contributed by atoms with Crippen LogP contribution >= 0.6 is 23.8 Å². The van der Waals surface area contributed by atoms with Crippen molar-refractivity contribution in [3.63, 3.8) is 0 Å². The average Bonchev–Trinajstić information content (AvgIpc) is 2.64. The molecule has 1 aliphatic heterocycles. The number of thiocarbonyl (C=S) groups is 1. The first kappa shape index (κ1) is 19.8. The van der Waals surface area contributed by atoms with Gasteiger partial charge < -0.3 is 10.6 Å². The van der Waals surface area contributed by atoms with Crippen molar-refractivity contribution in [2.45, 2.75) is 57.4 Å². The maximum atomic E-state index is 13.3. The first-order chi connectivity index (χ1) is 12.5. The van der Waals surface area contributed by atoms with E-state index in [-0.39, 0.29) is 10.6 Å². The van der Waals surface area contributed by atoms with Crippen molar-refractivity contribution in [2.75, 3.05) is 25.0 Å². The fourth-order valence-electron chi connectivity index (χ4n) is 4.29. The van der Waals surface area contributed by atoms with Crippen LogP contribution in [-0.4, -0.2) is 35.2 Å². The van der Waals surface area contributed by atoms with Gasteiger partial charge in [-0.3, -0.25) is 4.90 Å². The van der Waals surface area contributed by atoms with Gasteiger partial charge in [-0.2, -0.15) is 0 Å². The van der Waals surface area contributed by atoms with Crippen molar-refractivity contribution < 1.29 is 4.39 Å². The van der Waals surface area contributed by atoms with Gasteiger partial charge in [0.2, 0.25) is 0 Å². The molecule has 0 unspecified atom stereocenters. The van der Waals surface area contributed by atoms with Crippen molar-refractivity contribution in [3.8, 4) is 0 Å². The summed E-state index contributed by atoms with van der Waals surface area (Å²) in [5, 5.41) is 7.23. The van der Waals surface area contributed by atoms with Crippen molar-refractivity contribution in [3.05, 3.63) is 29.0 Å². The molecule has 0 aromatic heterocycles. The summed E-state index contributed by atoms with van der Waals surface area (Å²) in [5.74, 6) is 0.419. The highest BCUT2D eigenvalue weighted by Gasteiger charge is 2.39.